The number of carbonyl (C=O) groups is 1. The minimum absolute atomic E-state index is 0.0620. The molecule has 2 atom stereocenters. The van der Waals surface area contributed by atoms with Gasteiger partial charge in [0.25, 0.3) is 0 Å². The summed E-state index contributed by atoms with van der Waals surface area (Å²) in [4.78, 5) is 12.2. The summed E-state index contributed by atoms with van der Waals surface area (Å²) in [6.45, 7) is 3.99. The van der Waals surface area contributed by atoms with Gasteiger partial charge in [-0.1, -0.05) is 60.2 Å². The number of benzene rings is 2. The van der Waals surface area contributed by atoms with E-state index in [-0.39, 0.29) is 11.9 Å². The Balaban J connectivity index is 2.02. The molecule has 0 saturated heterocycles. The van der Waals surface area contributed by atoms with Crippen LogP contribution in [0.25, 0.3) is 0 Å². The highest BCUT2D eigenvalue weighted by Gasteiger charge is 2.19. The molecule has 104 valence electrons. The quantitative estimate of drug-likeness (QED) is 0.841. The standard InChI is InChI=1S/C17H18ClNO/c1-12-8-10-14(11-9-12)13(2)19-17(20)16(18)15-6-4-3-5-7-15/h3-11,13,16H,1-2H3,(H,19,20). The molecule has 0 aliphatic carbocycles. The molecule has 0 fully saturated rings. The van der Waals surface area contributed by atoms with Gasteiger partial charge in [0.15, 0.2) is 0 Å². The molecule has 0 aromatic heterocycles. The van der Waals surface area contributed by atoms with E-state index in [9.17, 15) is 4.79 Å². The summed E-state index contributed by atoms with van der Waals surface area (Å²) >= 11 is 6.20. The molecule has 0 spiro atoms. The Morgan fingerprint density at radius 1 is 1.00 bits per heavy atom. The summed E-state index contributed by atoms with van der Waals surface area (Å²) in [7, 11) is 0. The third-order valence-electron chi connectivity index (χ3n) is 3.26. The van der Waals surface area contributed by atoms with Crippen LogP contribution in [0.3, 0.4) is 0 Å². The van der Waals surface area contributed by atoms with E-state index in [1.165, 1.54) is 5.56 Å². The number of hydrogen-bond donors (Lipinski definition) is 1. The average molecular weight is 288 g/mol. The molecule has 1 amide bonds. The van der Waals surface area contributed by atoms with E-state index >= 15 is 0 Å². The average Bonchev–Trinajstić information content (AvgIpc) is 2.48. The van der Waals surface area contributed by atoms with Gasteiger partial charge in [0.1, 0.15) is 5.38 Å². The fourth-order valence-corrected chi connectivity index (χ4v) is 2.21. The van der Waals surface area contributed by atoms with Crippen molar-refractivity contribution in [1.29, 1.82) is 0 Å². The Hall–Kier alpha value is -1.80. The summed E-state index contributed by atoms with van der Waals surface area (Å²) < 4.78 is 0. The van der Waals surface area contributed by atoms with E-state index in [1.54, 1.807) is 0 Å². The van der Waals surface area contributed by atoms with Crippen molar-refractivity contribution in [3.05, 3.63) is 71.3 Å². The van der Waals surface area contributed by atoms with E-state index in [4.69, 9.17) is 11.6 Å². The molecule has 3 heteroatoms. The lowest BCUT2D eigenvalue weighted by molar-refractivity contribution is -0.121. The van der Waals surface area contributed by atoms with Crippen molar-refractivity contribution in [2.45, 2.75) is 25.3 Å². The Morgan fingerprint density at radius 2 is 1.60 bits per heavy atom. The van der Waals surface area contributed by atoms with Gasteiger partial charge in [-0.3, -0.25) is 4.79 Å². The van der Waals surface area contributed by atoms with Crippen LogP contribution in [0.2, 0.25) is 0 Å². The zero-order valence-corrected chi connectivity index (χ0v) is 12.4. The molecule has 20 heavy (non-hydrogen) atoms. The second-order valence-electron chi connectivity index (χ2n) is 4.91. The molecule has 2 unspecified atom stereocenters. The topological polar surface area (TPSA) is 29.1 Å². The van der Waals surface area contributed by atoms with Crippen LogP contribution in [-0.2, 0) is 4.79 Å². The first-order chi connectivity index (χ1) is 9.58. The fraction of sp³-hybridized carbons (Fsp3) is 0.235. The zero-order valence-electron chi connectivity index (χ0n) is 11.6. The van der Waals surface area contributed by atoms with Gasteiger partial charge >= 0.3 is 0 Å². The van der Waals surface area contributed by atoms with Gasteiger partial charge < -0.3 is 5.32 Å². The van der Waals surface area contributed by atoms with Crippen LogP contribution in [0, 0.1) is 6.92 Å². The molecule has 1 N–H and O–H groups in total. The zero-order chi connectivity index (χ0) is 14.5. The lowest BCUT2D eigenvalue weighted by Crippen LogP contribution is -2.29. The molecule has 2 rings (SSSR count). The first-order valence-electron chi connectivity index (χ1n) is 6.64. The maximum Gasteiger partial charge on any atom is 0.243 e. The van der Waals surface area contributed by atoms with Crippen LogP contribution in [0.5, 0.6) is 0 Å². The number of alkyl halides is 1. The smallest absolute Gasteiger partial charge is 0.243 e. The molecule has 0 aliphatic rings. The monoisotopic (exact) mass is 287 g/mol. The second-order valence-corrected chi connectivity index (χ2v) is 5.35. The molecule has 0 radical (unpaired) electrons. The fourth-order valence-electron chi connectivity index (χ4n) is 2.00. The summed E-state index contributed by atoms with van der Waals surface area (Å²) in [5.41, 5.74) is 3.08. The highest BCUT2D eigenvalue weighted by molar-refractivity contribution is 6.30. The number of carbonyl (C=O) groups excluding carboxylic acids is 1. The number of aryl methyl sites for hydroxylation is 1. The molecular formula is C17H18ClNO. The van der Waals surface area contributed by atoms with Crippen molar-refractivity contribution in [1.82, 2.24) is 5.32 Å². The lowest BCUT2D eigenvalue weighted by Gasteiger charge is -2.17. The van der Waals surface area contributed by atoms with E-state index in [2.05, 4.69) is 5.32 Å². The van der Waals surface area contributed by atoms with Crippen molar-refractivity contribution in [3.63, 3.8) is 0 Å². The molecule has 0 aliphatic heterocycles. The Morgan fingerprint density at radius 3 is 2.20 bits per heavy atom. The summed E-state index contributed by atoms with van der Waals surface area (Å²) in [6.07, 6.45) is 0. The van der Waals surface area contributed by atoms with Gasteiger partial charge in [-0.15, -0.1) is 11.6 Å². The van der Waals surface area contributed by atoms with Gasteiger partial charge in [0, 0.05) is 0 Å². The molecule has 0 bridgehead atoms. The van der Waals surface area contributed by atoms with Crippen molar-refractivity contribution in [2.75, 3.05) is 0 Å². The second kappa shape index (κ2) is 6.58. The van der Waals surface area contributed by atoms with Crippen LogP contribution in [0.15, 0.2) is 54.6 Å². The highest BCUT2D eigenvalue weighted by Crippen LogP contribution is 2.22. The number of amides is 1. The first-order valence-corrected chi connectivity index (χ1v) is 7.07. The maximum atomic E-state index is 12.2. The maximum absolute atomic E-state index is 12.2. The molecule has 2 aromatic rings. The third kappa shape index (κ3) is 3.61. The van der Waals surface area contributed by atoms with Crippen LogP contribution < -0.4 is 5.32 Å². The first kappa shape index (κ1) is 14.6. The van der Waals surface area contributed by atoms with Gasteiger partial charge in [0.2, 0.25) is 5.91 Å². The van der Waals surface area contributed by atoms with Gasteiger partial charge in [-0.2, -0.15) is 0 Å². The van der Waals surface area contributed by atoms with Gasteiger partial charge in [0.05, 0.1) is 6.04 Å². The largest absolute Gasteiger partial charge is 0.348 e. The van der Waals surface area contributed by atoms with Crippen LogP contribution in [0.4, 0.5) is 0 Å². The minimum Gasteiger partial charge on any atom is -0.348 e. The molecule has 0 saturated carbocycles. The Labute approximate surface area is 124 Å². The third-order valence-corrected chi connectivity index (χ3v) is 3.71. The molecular weight excluding hydrogens is 270 g/mol. The SMILES string of the molecule is Cc1ccc(C(C)NC(=O)C(Cl)c2ccccc2)cc1. The van der Waals surface area contributed by atoms with E-state index in [1.807, 2.05) is 68.4 Å². The lowest BCUT2D eigenvalue weighted by atomic mass is 10.1. The molecule has 2 nitrogen and oxygen atoms in total. The summed E-state index contributed by atoms with van der Waals surface area (Å²) in [5, 5.41) is 2.28. The summed E-state index contributed by atoms with van der Waals surface area (Å²) in [6, 6.07) is 17.4. The summed E-state index contributed by atoms with van der Waals surface area (Å²) in [5.74, 6) is -0.175. The van der Waals surface area contributed by atoms with Crippen LogP contribution >= 0.6 is 11.6 Å². The molecule has 2 aromatic carbocycles. The van der Waals surface area contributed by atoms with E-state index in [0.717, 1.165) is 11.1 Å². The normalized spacial score (nSPS) is 13.6. The Kier molecular flexibility index (Phi) is 4.80. The van der Waals surface area contributed by atoms with Crippen molar-refractivity contribution < 1.29 is 4.79 Å². The van der Waals surface area contributed by atoms with Gasteiger partial charge in [-0.05, 0) is 25.0 Å². The number of rotatable bonds is 4. The number of nitrogens with one attached hydrogen (secondary N) is 1. The number of halogens is 1. The van der Waals surface area contributed by atoms with Crippen LogP contribution in [0.1, 0.15) is 35.0 Å². The predicted molar refractivity (Wildman–Crippen MR) is 82.8 cm³/mol. The van der Waals surface area contributed by atoms with Crippen molar-refractivity contribution in [2.24, 2.45) is 0 Å². The Bertz CT molecular complexity index is 565. The highest BCUT2D eigenvalue weighted by atomic mass is 35.5. The van der Waals surface area contributed by atoms with Crippen molar-refractivity contribution >= 4 is 17.5 Å². The minimum atomic E-state index is -0.663. The van der Waals surface area contributed by atoms with E-state index in [0.29, 0.717) is 0 Å². The predicted octanol–water partition coefficient (Wildman–Crippen LogP) is 4.15. The number of hydrogen-bond acceptors (Lipinski definition) is 1. The molecule has 0 heterocycles. The van der Waals surface area contributed by atoms with E-state index < -0.39 is 5.38 Å². The van der Waals surface area contributed by atoms with Crippen LogP contribution in [-0.4, -0.2) is 5.91 Å². The van der Waals surface area contributed by atoms with Crippen molar-refractivity contribution in [3.8, 4) is 0 Å². The van der Waals surface area contributed by atoms with Gasteiger partial charge in [-0.25, -0.2) is 0 Å².